The highest BCUT2D eigenvalue weighted by Crippen LogP contribution is 2.15. The fourth-order valence-electron chi connectivity index (χ4n) is 1.44. The van der Waals surface area contributed by atoms with E-state index >= 15 is 0 Å². The SMILES string of the molecule is COCC(C)CNCc1ccccc1Br. The van der Waals surface area contributed by atoms with Gasteiger partial charge in [-0.25, -0.2) is 0 Å². The molecular formula is C12H18BrNO. The molecule has 1 N–H and O–H groups in total. The molecule has 0 heterocycles. The van der Waals surface area contributed by atoms with E-state index in [0.29, 0.717) is 5.92 Å². The minimum absolute atomic E-state index is 0.553. The summed E-state index contributed by atoms with van der Waals surface area (Å²) in [5.74, 6) is 0.553. The highest BCUT2D eigenvalue weighted by Gasteiger charge is 2.01. The summed E-state index contributed by atoms with van der Waals surface area (Å²) >= 11 is 3.53. The molecule has 0 saturated heterocycles. The van der Waals surface area contributed by atoms with Gasteiger partial charge in [-0.1, -0.05) is 41.1 Å². The van der Waals surface area contributed by atoms with Crippen LogP contribution in [0, 0.1) is 5.92 Å². The fraction of sp³-hybridized carbons (Fsp3) is 0.500. The molecule has 0 fully saturated rings. The van der Waals surface area contributed by atoms with Gasteiger partial charge in [0.1, 0.15) is 0 Å². The van der Waals surface area contributed by atoms with Crippen molar-refractivity contribution in [3.63, 3.8) is 0 Å². The predicted octanol–water partition coefficient (Wildman–Crippen LogP) is 2.82. The first-order valence-electron chi connectivity index (χ1n) is 5.17. The molecule has 3 heteroatoms. The Morgan fingerprint density at radius 2 is 2.13 bits per heavy atom. The molecule has 2 nitrogen and oxygen atoms in total. The van der Waals surface area contributed by atoms with E-state index < -0.39 is 0 Å². The van der Waals surface area contributed by atoms with Crippen LogP contribution in [0.4, 0.5) is 0 Å². The van der Waals surface area contributed by atoms with E-state index in [1.165, 1.54) is 5.56 Å². The Bertz CT molecular complexity index is 291. The molecule has 1 aromatic rings. The third-order valence-corrected chi connectivity index (χ3v) is 2.99. The molecule has 0 spiro atoms. The van der Waals surface area contributed by atoms with Crippen molar-refractivity contribution in [1.82, 2.24) is 5.32 Å². The summed E-state index contributed by atoms with van der Waals surface area (Å²) in [6.07, 6.45) is 0. The van der Waals surface area contributed by atoms with Crippen LogP contribution >= 0.6 is 15.9 Å². The van der Waals surface area contributed by atoms with Crippen LogP contribution in [0.3, 0.4) is 0 Å². The Morgan fingerprint density at radius 1 is 1.40 bits per heavy atom. The predicted molar refractivity (Wildman–Crippen MR) is 66.9 cm³/mol. The zero-order valence-corrected chi connectivity index (χ0v) is 10.9. The van der Waals surface area contributed by atoms with Gasteiger partial charge in [0.05, 0.1) is 0 Å². The summed E-state index contributed by atoms with van der Waals surface area (Å²) in [6.45, 7) is 4.87. The van der Waals surface area contributed by atoms with E-state index in [1.54, 1.807) is 7.11 Å². The van der Waals surface area contributed by atoms with Gasteiger partial charge in [0.15, 0.2) is 0 Å². The van der Waals surface area contributed by atoms with Gasteiger partial charge in [-0.05, 0) is 17.5 Å². The maximum Gasteiger partial charge on any atom is 0.0499 e. The summed E-state index contributed by atoms with van der Waals surface area (Å²) in [4.78, 5) is 0. The zero-order valence-electron chi connectivity index (χ0n) is 9.29. The quantitative estimate of drug-likeness (QED) is 0.859. The first-order valence-corrected chi connectivity index (χ1v) is 5.96. The number of halogens is 1. The third-order valence-electron chi connectivity index (χ3n) is 2.22. The van der Waals surface area contributed by atoms with Gasteiger partial charge < -0.3 is 10.1 Å². The van der Waals surface area contributed by atoms with Crippen LogP contribution in [0.25, 0.3) is 0 Å². The van der Waals surface area contributed by atoms with Crippen LogP contribution in [-0.2, 0) is 11.3 Å². The molecule has 0 radical (unpaired) electrons. The Kier molecular flexibility index (Phi) is 5.91. The summed E-state index contributed by atoms with van der Waals surface area (Å²) in [5, 5.41) is 3.42. The number of benzene rings is 1. The van der Waals surface area contributed by atoms with Crippen molar-refractivity contribution < 1.29 is 4.74 Å². The van der Waals surface area contributed by atoms with Gasteiger partial charge in [-0.15, -0.1) is 0 Å². The highest BCUT2D eigenvalue weighted by atomic mass is 79.9. The number of ether oxygens (including phenoxy) is 1. The number of methoxy groups -OCH3 is 1. The zero-order chi connectivity index (χ0) is 11.1. The molecule has 1 aromatic carbocycles. The monoisotopic (exact) mass is 271 g/mol. The van der Waals surface area contributed by atoms with E-state index in [9.17, 15) is 0 Å². The molecule has 0 saturated carbocycles. The Balaban J connectivity index is 2.29. The van der Waals surface area contributed by atoms with Crippen LogP contribution < -0.4 is 5.32 Å². The Labute approximate surface area is 100 Å². The molecule has 1 unspecified atom stereocenters. The van der Waals surface area contributed by atoms with Gasteiger partial charge in [0.2, 0.25) is 0 Å². The molecule has 15 heavy (non-hydrogen) atoms. The first kappa shape index (κ1) is 12.7. The van der Waals surface area contributed by atoms with Gasteiger partial charge in [-0.2, -0.15) is 0 Å². The second kappa shape index (κ2) is 6.99. The van der Waals surface area contributed by atoms with E-state index in [2.05, 4.69) is 46.4 Å². The molecule has 0 aliphatic carbocycles. The average Bonchev–Trinajstić information content (AvgIpc) is 2.21. The van der Waals surface area contributed by atoms with Crippen molar-refractivity contribution >= 4 is 15.9 Å². The van der Waals surface area contributed by atoms with Crippen LogP contribution in [0.5, 0.6) is 0 Å². The van der Waals surface area contributed by atoms with E-state index in [-0.39, 0.29) is 0 Å². The average molecular weight is 272 g/mol. The molecule has 0 bridgehead atoms. The molecule has 0 aliphatic heterocycles. The molecule has 0 aromatic heterocycles. The second-order valence-electron chi connectivity index (χ2n) is 3.78. The minimum atomic E-state index is 0.553. The molecule has 84 valence electrons. The van der Waals surface area contributed by atoms with Gasteiger partial charge in [0, 0.05) is 31.3 Å². The number of rotatable bonds is 6. The maximum absolute atomic E-state index is 5.08. The fourth-order valence-corrected chi connectivity index (χ4v) is 1.86. The molecule has 0 amide bonds. The van der Waals surface area contributed by atoms with E-state index in [0.717, 1.165) is 24.2 Å². The van der Waals surface area contributed by atoms with Crippen molar-refractivity contribution in [1.29, 1.82) is 0 Å². The van der Waals surface area contributed by atoms with Crippen molar-refractivity contribution in [2.45, 2.75) is 13.5 Å². The lowest BCUT2D eigenvalue weighted by atomic mass is 10.2. The normalized spacial score (nSPS) is 12.7. The van der Waals surface area contributed by atoms with Crippen molar-refractivity contribution in [3.8, 4) is 0 Å². The molecule has 0 aliphatic rings. The smallest absolute Gasteiger partial charge is 0.0499 e. The van der Waals surface area contributed by atoms with E-state index in [1.807, 2.05) is 6.07 Å². The van der Waals surface area contributed by atoms with Gasteiger partial charge in [-0.3, -0.25) is 0 Å². The number of hydrogen-bond acceptors (Lipinski definition) is 2. The minimum Gasteiger partial charge on any atom is -0.384 e. The Morgan fingerprint density at radius 3 is 2.80 bits per heavy atom. The third kappa shape index (κ3) is 4.78. The summed E-state index contributed by atoms with van der Waals surface area (Å²) in [6, 6.07) is 8.27. The van der Waals surface area contributed by atoms with Crippen molar-refractivity contribution in [3.05, 3.63) is 34.3 Å². The first-order chi connectivity index (χ1) is 7.24. The maximum atomic E-state index is 5.08. The molecular weight excluding hydrogens is 254 g/mol. The Hall–Kier alpha value is -0.380. The molecule has 1 atom stereocenters. The second-order valence-corrected chi connectivity index (χ2v) is 4.64. The standard InChI is InChI=1S/C12H18BrNO/c1-10(9-15-2)7-14-8-11-5-3-4-6-12(11)13/h3-6,10,14H,7-9H2,1-2H3. The summed E-state index contributed by atoms with van der Waals surface area (Å²) < 4.78 is 6.24. The lowest BCUT2D eigenvalue weighted by Crippen LogP contribution is -2.23. The van der Waals surface area contributed by atoms with Gasteiger partial charge in [0.25, 0.3) is 0 Å². The summed E-state index contributed by atoms with van der Waals surface area (Å²) in [7, 11) is 1.74. The largest absolute Gasteiger partial charge is 0.384 e. The lowest BCUT2D eigenvalue weighted by Gasteiger charge is -2.12. The van der Waals surface area contributed by atoms with Gasteiger partial charge >= 0.3 is 0 Å². The lowest BCUT2D eigenvalue weighted by molar-refractivity contribution is 0.158. The summed E-state index contributed by atoms with van der Waals surface area (Å²) in [5.41, 5.74) is 1.29. The number of hydrogen-bond donors (Lipinski definition) is 1. The van der Waals surface area contributed by atoms with Crippen LogP contribution in [0.15, 0.2) is 28.7 Å². The number of nitrogens with one attached hydrogen (secondary N) is 1. The highest BCUT2D eigenvalue weighted by molar-refractivity contribution is 9.10. The topological polar surface area (TPSA) is 21.3 Å². The molecule has 1 rings (SSSR count). The van der Waals surface area contributed by atoms with Crippen molar-refractivity contribution in [2.75, 3.05) is 20.3 Å². The van der Waals surface area contributed by atoms with Crippen LogP contribution in [0.2, 0.25) is 0 Å². The van der Waals surface area contributed by atoms with Crippen LogP contribution in [0.1, 0.15) is 12.5 Å². The van der Waals surface area contributed by atoms with E-state index in [4.69, 9.17) is 4.74 Å². The van der Waals surface area contributed by atoms with Crippen molar-refractivity contribution in [2.24, 2.45) is 5.92 Å². The van der Waals surface area contributed by atoms with Crippen LogP contribution in [-0.4, -0.2) is 20.3 Å².